The van der Waals surface area contributed by atoms with E-state index < -0.39 is 0 Å². The van der Waals surface area contributed by atoms with Gasteiger partial charge in [-0.25, -0.2) is 0 Å². The van der Waals surface area contributed by atoms with E-state index in [1.807, 2.05) is 0 Å². The number of hydrogen-bond donors (Lipinski definition) is 1. The molecule has 1 aliphatic heterocycles. The fourth-order valence-electron chi connectivity index (χ4n) is 2.89. The van der Waals surface area contributed by atoms with Crippen LogP contribution in [-0.2, 0) is 11.2 Å². The minimum Gasteiger partial charge on any atom is -0.381 e. The number of rotatable bonds is 5. The maximum absolute atomic E-state index is 6.00. The zero-order valence-electron chi connectivity index (χ0n) is 12.1. The lowest BCUT2D eigenvalue weighted by Crippen LogP contribution is -2.46. The van der Waals surface area contributed by atoms with Gasteiger partial charge in [-0.05, 0) is 37.0 Å². The highest BCUT2D eigenvalue weighted by atomic mass is 16.5. The van der Waals surface area contributed by atoms with Crippen molar-refractivity contribution in [3.8, 4) is 0 Å². The van der Waals surface area contributed by atoms with E-state index in [9.17, 15) is 0 Å². The average Bonchev–Trinajstić information content (AvgIpc) is 2.49. The third kappa shape index (κ3) is 3.48. The van der Waals surface area contributed by atoms with Crippen LogP contribution in [0.2, 0.25) is 0 Å². The molecule has 1 saturated heterocycles. The fourth-order valence-corrected chi connectivity index (χ4v) is 2.89. The molecule has 106 valence electrons. The Labute approximate surface area is 116 Å². The summed E-state index contributed by atoms with van der Waals surface area (Å²) >= 11 is 0. The van der Waals surface area contributed by atoms with Crippen molar-refractivity contribution in [3.05, 3.63) is 29.8 Å². The molecule has 1 aliphatic rings. The Kier molecular flexibility index (Phi) is 5.23. The minimum absolute atomic E-state index is 0.368. The van der Waals surface area contributed by atoms with Crippen LogP contribution in [0, 0.1) is 5.92 Å². The highest BCUT2D eigenvalue weighted by Gasteiger charge is 2.26. The number of benzene rings is 1. The van der Waals surface area contributed by atoms with Gasteiger partial charge in [-0.3, -0.25) is 0 Å². The van der Waals surface area contributed by atoms with E-state index >= 15 is 0 Å². The summed E-state index contributed by atoms with van der Waals surface area (Å²) in [5.74, 6) is 0.551. The van der Waals surface area contributed by atoms with Crippen LogP contribution >= 0.6 is 0 Å². The van der Waals surface area contributed by atoms with Crippen molar-refractivity contribution in [1.82, 2.24) is 0 Å². The molecule has 2 N–H and O–H groups in total. The Morgan fingerprint density at radius 3 is 2.63 bits per heavy atom. The SMILES string of the molecule is CCc1ccc(N(C)C(CN)C2CCCOC2)cc1. The molecular formula is C16H26N2O. The first-order valence-electron chi connectivity index (χ1n) is 7.35. The first kappa shape index (κ1) is 14.4. The molecule has 0 aromatic heterocycles. The molecule has 19 heavy (non-hydrogen) atoms. The third-order valence-electron chi connectivity index (χ3n) is 4.23. The summed E-state index contributed by atoms with van der Waals surface area (Å²) in [6.45, 7) is 4.61. The van der Waals surface area contributed by atoms with Crippen molar-refractivity contribution >= 4 is 5.69 Å². The number of nitrogens with zero attached hydrogens (tertiary/aromatic N) is 1. The summed E-state index contributed by atoms with van der Waals surface area (Å²) in [5.41, 5.74) is 8.63. The summed E-state index contributed by atoms with van der Waals surface area (Å²) < 4.78 is 5.61. The van der Waals surface area contributed by atoms with Gasteiger partial charge in [-0.1, -0.05) is 19.1 Å². The number of nitrogens with two attached hydrogens (primary N) is 1. The lowest BCUT2D eigenvalue weighted by molar-refractivity contribution is 0.0453. The molecule has 0 bridgehead atoms. The summed E-state index contributed by atoms with van der Waals surface area (Å²) in [5, 5.41) is 0. The van der Waals surface area contributed by atoms with Gasteiger partial charge in [0.05, 0.1) is 6.61 Å². The number of hydrogen-bond acceptors (Lipinski definition) is 3. The smallest absolute Gasteiger partial charge is 0.0514 e. The Morgan fingerprint density at radius 2 is 2.11 bits per heavy atom. The molecular weight excluding hydrogens is 236 g/mol. The van der Waals surface area contributed by atoms with Crippen LogP contribution in [0.4, 0.5) is 5.69 Å². The zero-order valence-corrected chi connectivity index (χ0v) is 12.1. The Hall–Kier alpha value is -1.06. The average molecular weight is 262 g/mol. The largest absolute Gasteiger partial charge is 0.381 e. The molecule has 3 nitrogen and oxygen atoms in total. The topological polar surface area (TPSA) is 38.5 Å². The predicted molar refractivity (Wildman–Crippen MR) is 80.6 cm³/mol. The molecule has 0 radical (unpaired) electrons. The Morgan fingerprint density at radius 1 is 1.37 bits per heavy atom. The molecule has 2 atom stereocenters. The molecule has 3 heteroatoms. The zero-order chi connectivity index (χ0) is 13.7. The second-order valence-corrected chi connectivity index (χ2v) is 5.41. The maximum Gasteiger partial charge on any atom is 0.0514 e. The highest BCUT2D eigenvalue weighted by Crippen LogP contribution is 2.24. The molecule has 1 aromatic rings. The van der Waals surface area contributed by atoms with Gasteiger partial charge in [0.15, 0.2) is 0 Å². The summed E-state index contributed by atoms with van der Waals surface area (Å²) in [6.07, 6.45) is 3.46. The summed E-state index contributed by atoms with van der Waals surface area (Å²) in [4.78, 5) is 2.32. The van der Waals surface area contributed by atoms with E-state index in [2.05, 4.69) is 43.1 Å². The lowest BCUT2D eigenvalue weighted by Gasteiger charge is -2.37. The number of ether oxygens (including phenoxy) is 1. The molecule has 0 saturated carbocycles. The molecule has 2 unspecified atom stereocenters. The molecule has 1 heterocycles. The second kappa shape index (κ2) is 6.92. The van der Waals surface area contributed by atoms with Gasteiger partial charge in [-0.15, -0.1) is 0 Å². The quantitative estimate of drug-likeness (QED) is 0.886. The van der Waals surface area contributed by atoms with Crippen LogP contribution in [0.3, 0.4) is 0 Å². The summed E-state index contributed by atoms with van der Waals surface area (Å²) in [7, 11) is 2.15. The van der Waals surface area contributed by atoms with E-state index in [0.29, 0.717) is 18.5 Å². The van der Waals surface area contributed by atoms with Crippen LogP contribution < -0.4 is 10.6 Å². The molecule has 0 amide bonds. The van der Waals surface area contributed by atoms with Crippen LogP contribution in [-0.4, -0.2) is 32.8 Å². The number of anilines is 1. The molecule has 0 aliphatic carbocycles. The van der Waals surface area contributed by atoms with Gasteiger partial charge >= 0.3 is 0 Å². The van der Waals surface area contributed by atoms with Gasteiger partial charge in [0.2, 0.25) is 0 Å². The highest BCUT2D eigenvalue weighted by molar-refractivity contribution is 5.48. The normalized spacial score (nSPS) is 21.1. The van der Waals surface area contributed by atoms with Crippen molar-refractivity contribution in [2.75, 3.05) is 31.7 Å². The number of aryl methyl sites for hydroxylation is 1. The minimum atomic E-state index is 0.368. The first-order chi connectivity index (χ1) is 9.26. The van der Waals surface area contributed by atoms with E-state index in [1.165, 1.54) is 17.7 Å². The standard InChI is InChI=1S/C16H26N2O/c1-3-13-6-8-15(9-7-13)18(2)16(11-17)14-5-4-10-19-12-14/h6-9,14,16H,3-5,10-12,17H2,1-2H3. The van der Waals surface area contributed by atoms with E-state index in [0.717, 1.165) is 26.1 Å². The first-order valence-corrected chi connectivity index (χ1v) is 7.35. The number of likely N-dealkylation sites (N-methyl/N-ethyl adjacent to an activating group) is 1. The summed E-state index contributed by atoms with van der Waals surface area (Å²) in [6, 6.07) is 9.18. The van der Waals surface area contributed by atoms with Crippen molar-refractivity contribution < 1.29 is 4.74 Å². The maximum atomic E-state index is 6.00. The van der Waals surface area contributed by atoms with Gasteiger partial charge in [-0.2, -0.15) is 0 Å². The van der Waals surface area contributed by atoms with Crippen LogP contribution in [0.15, 0.2) is 24.3 Å². The van der Waals surface area contributed by atoms with Crippen molar-refractivity contribution in [2.45, 2.75) is 32.2 Å². The van der Waals surface area contributed by atoms with Gasteiger partial charge in [0.25, 0.3) is 0 Å². The van der Waals surface area contributed by atoms with E-state index in [4.69, 9.17) is 10.5 Å². The van der Waals surface area contributed by atoms with Gasteiger partial charge in [0, 0.05) is 37.8 Å². The van der Waals surface area contributed by atoms with Crippen molar-refractivity contribution in [2.24, 2.45) is 11.7 Å². The van der Waals surface area contributed by atoms with Crippen LogP contribution in [0.5, 0.6) is 0 Å². The van der Waals surface area contributed by atoms with Crippen LogP contribution in [0.1, 0.15) is 25.3 Å². The monoisotopic (exact) mass is 262 g/mol. The fraction of sp³-hybridized carbons (Fsp3) is 0.625. The molecule has 1 fully saturated rings. The van der Waals surface area contributed by atoms with Crippen molar-refractivity contribution in [1.29, 1.82) is 0 Å². The molecule has 1 aromatic carbocycles. The predicted octanol–water partition coefficient (Wildman–Crippen LogP) is 2.44. The Balaban J connectivity index is 2.07. The van der Waals surface area contributed by atoms with Gasteiger partial charge < -0.3 is 15.4 Å². The van der Waals surface area contributed by atoms with Gasteiger partial charge in [0.1, 0.15) is 0 Å². The second-order valence-electron chi connectivity index (χ2n) is 5.41. The Bertz CT molecular complexity index is 371. The van der Waals surface area contributed by atoms with E-state index in [1.54, 1.807) is 0 Å². The molecule has 2 rings (SSSR count). The van der Waals surface area contributed by atoms with Crippen LogP contribution in [0.25, 0.3) is 0 Å². The molecule has 0 spiro atoms. The lowest BCUT2D eigenvalue weighted by atomic mass is 9.92. The van der Waals surface area contributed by atoms with Crippen molar-refractivity contribution in [3.63, 3.8) is 0 Å². The third-order valence-corrected chi connectivity index (χ3v) is 4.23. The van der Waals surface area contributed by atoms with E-state index in [-0.39, 0.29) is 0 Å².